The van der Waals surface area contributed by atoms with Gasteiger partial charge in [-0.2, -0.15) is 28.5 Å². The van der Waals surface area contributed by atoms with E-state index in [1.165, 1.54) is 23.1 Å². The SMILES string of the molecule is O=C(Cn1cccn1)N/N=C/c1ccn(CC(F)(F)F)n1. The molecule has 2 rings (SSSR count). The summed E-state index contributed by atoms with van der Waals surface area (Å²) >= 11 is 0. The zero-order valence-corrected chi connectivity index (χ0v) is 10.7. The van der Waals surface area contributed by atoms with Crippen molar-refractivity contribution in [2.75, 3.05) is 0 Å². The highest BCUT2D eigenvalue weighted by Gasteiger charge is 2.28. The van der Waals surface area contributed by atoms with E-state index in [2.05, 4.69) is 20.7 Å². The number of amides is 1. The Labute approximate surface area is 117 Å². The fraction of sp³-hybridized carbons (Fsp3) is 0.273. The standard InChI is InChI=1S/C11H11F3N6O/c12-11(13,14)8-20-5-2-9(18-20)6-15-17-10(21)7-19-4-1-3-16-19/h1-6H,7-8H2,(H,17,21)/b15-6+. The van der Waals surface area contributed by atoms with Crippen molar-refractivity contribution in [1.82, 2.24) is 25.0 Å². The molecule has 0 bridgehead atoms. The zero-order chi connectivity index (χ0) is 15.3. The van der Waals surface area contributed by atoms with Crippen molar-refractivity contribution >= 4 is 12.1 Å². The number of hydrogen-bond donors (Lipinski definition) is 1. The van der Waals surface area contributed by atoms with Crippen molar-refractivity contribution in [2.45, 2.75) is 19.3 Å². The minimum absolute atomic E-state index is 0.00709. The van der Waals surface area contributed by atoms with Gasteiger partial charge in [-0.25, -0.2) is 5.43 Å². The first-order valence-corrected chi connectivity index (χ1v) is 5.82. The maximum atomic E-state index is 12.1. The fourth-order valence-electron chi connectivity index (χ4n) is 1.46. The molecule has 0 atom stereocenters. The van der Waals surface area contributed by atoms with Gasteiger partial charge in [0.25, 0.3) is 5.91 Å². The third kappa shape index (κ3) is 5.09. The van der Waals surface area contributed by atoms with Crippen LogP contribution < -0.4 is 5.43 Å². The molecule has 1 N–H and O–H groups in total. The Morgan fingerprint density at radius 3 is 2.86 bits per heavy atom. The van der Waals surface area contributed by atoms with E-state index >= 15 is 0 Å². The highest BCUT2D eigenvalue weighted by Crippen LogP contribution is 2.16. The van der Waals surface area contributed by atoms with Crippen LogP contribution in [0.5, 0.6) is 0 Å². The predicted molar refractivity (Wildman–Crippen MR) is 66.2 cm³/mol. The Bertz CT molecular complexity index is 616. The Hall–Kier alpha value is -2.65. The van der Waals surface area contributed by atoms with Crippen LogP contribution >= 0.6 is 0 Å². The molecular formula is C11H11F3N6O. The molecule has 0 aliphatic rings. The lowest BCUT2D eigenvalue weighted by Crippen LogP contribution is -2.23. The Kier molecular flexibility index (Phi) is 4.36. The van der Waals surface area contributed by atoms with Crippen molar-refractivity contribution < 1.29 is 18.0 Å². The second-order valence-electron chi connectivity index (χ2n) is 4.05. The molecule has 0 saturated heterocycles. The van der Waals surface area contributed by atoms with E-state index in [4.69, 9.17) is 0 Å². The van der Waals surface area contributed by atoms with E-state index in [9.17, 15) is 18.0 Å². The predicted octanol–water partition coefficient (Wildman–Crippen LogP) is 0.792. The molecular weight excluding hydrogens is 289 g/mol. The monoisotopic (exact) mass is 300 g/mol. The summed E-state index contributed by atoms with van der Waals surface area (Å²) in [4.78, 5) is 11.4. The highest BCUT2D eigenvalue weighted by molar-refractivity contribution is 5.80. The molecule has 0 aliphatic heterocycles. The average Bonchev–Trinajstić information content (AvgIpc) is 2.99. The van der Waals surface area contributed by atoms with E-state index in [1.54, 1.807) is 12.3 Å². The molecule has 10 heteroatoms. The number of carbonyl (C=O) groups excluding carboxylic acids is 1. The van der Waals surface area contributed by atoms with Crippen molar-refractivity contribution in [2.24, 2.45) is 5.10 Å². The largest absolute Gasteiger partial charge is 0.408 e. The molecule has 2 aromatic heterocycles. The minimum Gasteiger partial charge on any atom is -0.271 e. The molecule has 1 amide bonds. The first kappa shape index (κ1) is 14.8. The van der Waals surface area contributed by atoms with Crippen molar-refractivity contribution in [3.63, 3.8) is 0 Å². The first-order chi connectivity index (χ1) is 9.92. The van der Waals surface area contributed by atoms with Crippen LogP contribution in [0.3, 0.4) is 0 Å². The van der Waals surface area contributed by atoms with Gasteiger partial charge in [-0.1, -0.05) is 0 Å². The van der Waals surface area contributed by atoms with Crippen LogP contribution in [-0.2, 0) is 17.9 Å². The highest BCUT2D eigenvalue weighted by atomic mass is 19.4. The van der Waals surface area contributed by atoms with E-state index in [0.717, 1.165) is 10.9 Å². The van der Waals surface area contributed by atoms with Crippen molar-refractivity contribution in [3.05, 3.63) is 36.4 Å². The van der Waals surface area contributed by atoms with E-state index < -0.39 is 18.6 Å². The second-order valence-corrected chi connectivity index (χ2v) is 4.05. The summed E-state index contributed by atoms with van der Waals surface area (Å²) in [5.41, 5.74) is 2.43. The van der Waals surface area contributed by atoms with Gasteiger partial charge in [0.05, 0.1) is 6.21 Å². The van der Waals surface area contributed by atoms with Crippen molar-refractivity contribution in [1.29, 1.82) is 0 Å². The molecule has 7 nitrogen and oxygen atoms in total. The molecule has 112 valence electrons. The maximum Gasteiger partial charge on any atom is 0.408 e. The number of aromatic nitrogens is 4. The summed E-state index contributed by atoms with van der Waals surface area (Å²) in [6.07, 6.45) is 1.15. The lowest BCUT2D eigenvalue weighted by molar-refractivity contribution is -0.142. The third-order valence-corrected chi connectivity index (χ3v) is 2.25. The Balaban J connectivity index is 1.83. The molecule has 0 radical (unpaired) electrons. The van der Waals surface area contributed by atoms with Gasteiger partial charge in [0.15, 0.2) is 0 Å². The van der Waals surface area contributed by atoms with Crippen LogP contribution in [0.2, 0.25) is 0 Å². The van der Waals surface area contributed by atoms with Gasteiger partial charge < -0.3 is 0 Å². The van der Waals surface area contributed by atoms with Gasteiger partial charge in [0, 0.05) is 18.6 Å². The van der Waals surface area contributed by atoms with Crippen LogP contribution in [0, 0.1) is 0 Å². The summed E-state index contributed by atoms with van der Waals surface area (Å²) in [5.74, 6) is -0.412. The molecule has 2 aromatic rings. The molecule has 0 unspecified atom stereocenters. The van der Waals surface area contributed by atoms with Gasteiger partial charge in [-0.15, -0.1) is 0 Å². The van der Waals surface area contributed by atoms with E-state index in [1.807, 2.05) is 0 Å². The lowest BCUT2D eigenvalue weighted by atomic mass is 10.5. The molecule has 0 spiro atoms. The summed E-state index contributed by atoms with van der Waals surface area (Å²) < 4.78 is 38.5. The summed E-state index contributed by atoms with van der Waals surface area (Å²) in [7, 11) is 0. The number of hydrazone groups is 1. The number of rotatable bonds is 5. The maximum absolute atomic E-state index is 12.1. The van der Waals surface area contributed by atoms with Crippen molar-refractivity contribution in [3.8, 4) is 0 Å². The summed E-state index contributed by atoms with van der Waals surface area (Å²) in [6, 6.07) is 3.03. The fourth-order valence-corrected chi connectivity index (χ4v) is 1.46. The smallest absolute Gasteiger partial charge is 0.271 e. The molecule has 0 aromatic carbocycles. The van der Waals surface area contributed by atoms with Crippen LogP contribution in [0.15, 0.2) is 35.8 Å². The molecule has 0 fully saturated rings. The molecule has 0 saturated carbocycles. The van der Waals surface area contributed by atoms with E-state index in [-0.39, 0.29) is 12.2 Å². The van der Waals surface area contributed by atoms with Crippen LogP contribution in [0.1, 0.15) is 5.69 Å². The number of carbonyl (C=O) groups is 1. The number of halogens is 3. The summed E-state index contributed by atoms with van der Waals surface area (Å²) in [6.45, 7) is -1.18. The number of alkyl halides is 3. The number of nitrogens with zero attached hydrogens (tertiary/aromatic N) is 5. The lowest BCUT2D eigenvalue weighted by Gasteiger charge is -2.04. The normalized spacial score (nSPS) is 12.0. The van der Waals surface area contributed by atoms with Crippen LogP contribution in [-0.4, -0.2) is 37.9 Å². The minimum atomic E-state index is -4.33. The van der Waals surface area contributed by atoms with E-state index in [0.29, 0.717) is 0 Å². The second kappa shape index (κ2) is 6.20. The molecule has 21 heavy (non-hydrogen) atoms. The average molecular weight is 300 g/mol. The van der Waals surface area contributed by atoms with Gasteiger partial charge in [0.1, 0.15) is 18.8 Å². The van der Waals surface area contributed by atoms with Crippen LogP contribution in [0.4, 0.5) is 13.2 Å². The number of nitrogens with one attached hydrogen (secondary N) is 1. The Morgan fingerprint density at radius 2 is 2.19 bits per heavy atom. The molecule has 2 heterocycles. The van der Waals surface area contributed by atoms with Gasteiger partial charge in [-0.05, 0) is 12.1 Å². The number of hydrogen-bond acceptors (Lipinski definition) is 4. The van der Waals surface area contributed by atoms with Crippen LogP contribution in [0.25, 0.3) is 0 Å². The van der Waals surface area contributed by atoms with Gasteiger partial charge >= 0.3 is 6.18 Å². The van der Waals surface area contributed by atoms with Gasteiger partial charge in [-0.3, -0.25) is 14.2 Å². The first-order valence-electron chi connectivity index (χ1n) is 5.82. The molecule has 0 aliphatic carbocycles. The Morgan fingerprint density at radius 1 is 1.38 bits per heavy atom. The zero-order valence-electron chi connectivity index (χ0n) is 10.7. The third-order valence-electron chi connectivity index (χ3n) is 2.25. The van der Waals surface area contributed by atoms with Gasteiger partial charge in [0.2, 0.25) is 0 Å². The summed E-state index contributed by atoms with van der Waals surface area (Å²) in [5, 5.41) is 11.1. The quantitative estimate of drug-likeness (QED) is 0.655. The topological polar surface area (TPSA) is 77.1 Å².